The Labute approximate surface area is 254 Å². The largest absolute Gasteiger partial charge is 0.285 e. The van der Waals surface area contributed by atoms with Crippen molar-refractivity contribution >= 4 is 54.7 Å². The van der Waals surface area contributed by atoms with Crippen LogP contribution in [0, 0.1) is 0 Å². The van der Waals surface area contributed by atoms with E-state index in [1.54, 1.807) is 30.3 Å². The van der Waals surface area contributed by atoms with E-state index in [0.29, 0.717) is 11.1 Å². The highest BCUT2D eigenvalue weighted by Crippen LogP contribution is 2.44. The molecule has 0 N–H and O–H groups in total. The third-order valence-corrected chi connectivity index (χ3v) is 8.59. The molecule has 0 atom stereocenters. The van der Waals surface area contributed by atoms with E-state index in [2.05, 4.69) is 103 Å². The number of ketones is 2. The summed E-state index contributed by atoms with van der Waals surface area (Å²) in [5, 5.41) is 9.48. The molecule has 8 rings (SSSR count). The molecule has 0 saturated heterocycles. The SMILES string of the molecule is O=C(C(=O)c1cccc(-c2ccc3cc4ccccc4c(-c4c5ccccc5cc5ccccc45)c3c2)c1)c1ccccc1. The van der Waals surface area contributed by atoms with Gasteiger partial charge in [0.25, 0.3) is 0 Å². The lowest BCUT2D eigenvalue weighted by Gasteiger charge is -2.18. The van der Waals surface area contributed by atoms with E-state index in [9.17, 15) is 9.59 Å². The first-order valence-corrected chi connectivity index (χ1v) is 14.8. The molecule has 8 aromatic carbocycles. The van der Waals surface area contributed by atoms with E-state index in [1.807, 2.05) is 24.3 Å². The molecule has 0 aliphatic rings. The van der Waals surface area contributed by atoms with Crippen LogP contribution in [0.4, 0.5) is 0 Å². The van der Waals surface area contributed by atoms with Crippen molar-refractivity contribution in [2.45, 2.75) is 0 Å². The van der Waals surface area contributed by atoms with Gasteiger partial charge in [0.15, 0.2) is 0 Å². The number of carbonyl (C=O) groups is 2. The minimum absolute atomic E-state index is 0.384. The fourth-order valence-corrected chi connectivity index (χ4v) is 6.49. The van der Waals surface area contributed by atoms with Crippen LogP contribution in [-0.2, 0) is 0 Å². The molecule has 2 nitrogen and oxygen atoms in total. The van der Waals surface area contributed by atoms with Crippen LogP contribution < -0.4 is 0 Å². The highest BCUT2D eigenvalue weighted by molar-refractivity contribution is 6.49. The fourth-order valence-electron chi connectivity index (χ4n) is 6.49. The van der Waals surface area contributed by atoms with Gasteiger partial charge >= 0.3 is 0 Å². The monoisotopic (exact) mass is 562 g/mol. The maximum Gasteiger partial charge on any atom is 0.233 e. The van der Waals surface area contributed by atoms with E-state index in [1.165, 1.54) is 43.4 Å². The second-order valence-electron chi connectivity index (χ2n) is 11.2. The minimum Gasteiger partial charge on any atom is -0.285 e. The van der Waals surface area contributed by atoms with Crippen molar-refractivity contribution in [1.29, 1.82) is 0 Å². The molecule has 44 heavy (non-hydrogen) atoms. The van der Waals surface area contributed by atoms with Crippen LogP contribution in [-0.4, -0.2) is 11.6 Å². The molecule has 0 aliphatic carbocycles. The second kappa shape index (κ2) is 10.4. The molecular formula is C42H26O2. The number of carbonyl (C=O) groups excluding carboxylic acids is 2. The normalized spacial score (nSPS) is 11.4. The van der Waals surface area contributed by atoms with E-state index in [0.717, 1.165) is 21.9 Å². The third kappa shape index (κ3) is 4.28. The number of Topliss-reactive ketones (excluding diaryl/α,β-unsaturated/α-hetero) is 2. The van der Waals surface area contributed by atoms with Crippen LogP contribution in [0.15, 0.2) is 158 Å². The summed E-state index contributed by atoms with van der Waals surface area (Å²) in [6.07, 6.45) is 0. The van der Waals surface area contributed by atoms with E-state index in [-0.39, 0.29) is 0 Å². The highest BCUT2D eigenvalue weighted by atomic mass is 16.2. The zero-order valence-electron chi connectivity index (χ0n) is 23.8. The Morgan fingerprint density at radius 1 is 0.318 bits per heavy atom. The molecule has 0 saturated carbocycles. The molecular weight excluding hydrogens is 536 g/mol. The smallest absolute Gasteiger partial charge is 0.233 e. The van der Waals surface area contributed by atoms with Crippen molar-refractivity contribution in [3.05, 3.63) is 169 Å². The van der Waals surface area contributed by atoms with Crippen LogP contribution in [0.1, 0.15) is 20.7 Å². The van der Waals surface area contributed by atoms with Gasteiger partial charge in [-0.1, -0.05) is 133 Å². The fraction of sp³-hybridized carbons (Fsp3) is 0. The van der Waals surface area contributed by atoms with E-state index < -0.39 is 11.6 Å². The predicted octanol–water partition coefficient (Wildman–Crippen LogP) is 10.7. The van der Waals surface area contributed by atoms with Crippen molar-refractivity contribution < 1.29 is 9.59 Å². The first-order chi connectivity index (χ1) is 21.7. The van der Waals surface area contributed by atoms with Crippen LogP contribution in [0.2, 0.25) is 0 Å². The Bertz CT molecular complexity index is 2360. The van der Waals surface area contributed by atoms with Crippen molar-refractivity contribution in [3.8, 4) is 22.3 Å². The first kappa shape index (κ1) is 25.8. The summed E-state index contributed by atoms with van der Waals surface area (Å²) in [6.45, 7) is 0. The van der Waals surface area contributed by atoms with Gasteiger partial charge in [0, 0.05) is 11.1 Å². The lowest BCUT2D eigenvalue weighted by Crippen LogP contribution is -2.14. The van der Waals surface area contributed by atoms with Gasteiger partial charge in [0.05, 0.1) is 0 Å². The van der Waals surface area contributed by atoms with Crippen molar-refractivity contribution in [2.75, 3.05) is 0 Å². The van der Waals surface area contributed by atoms with Gasteiger partial charge in [-0.25, -0.2) is 0 Å². The second-order valence-corrected chi connectivity index (χ2v) is 11.2. The number of benzene rings is 8. The van der Waals surface area contributed by atoms with Crippen molar-refractivity contribution in [1.82, 2.24) is 0 Å². The maximum atomic E-state index is 13.2. The lowest BCUT2D eigenvalue weighted by atomic mass is 9.85. The first-order valence-electron chi connectivity index (χ1n) is 14.8. The summed E-state index contributed by atoms with van der Waals surface area (Å²) in [4.78, 5) is 26.2. The van der Waals surface area contributed by atoms with Gasteiger partial charge in [-0.05, 0) is 89.6 Å². The Morgan fingerprint density at radius 3 is 1.39 bits per heavy atom. The van der Waals surface area contributed by atoms with Gasteiger partial charge in [0.2, 0.25) is 11.6 Å². The maximum absolute atomic E-state index is 13.2. The van der Waals surface area contributed by atoms with Crippen LogP contribution >= 0.6 is 0 Å². The summed E-state index contributed by atoms with van der Waals surface area (Å²) >= 11 is 0. The molecule has 0 aliphatic heterocycles. The zero-order chi connectivity index (χ0) is 29.6. The molecule has 0 bridgehead atoms. The van der Waals surface area contributed by atoms with Gasteiger partial charge in [-0.3, -0.25) is 9.59 Å². The number of hydrogen-bond donors (Lipinski definition) is 0. The molecule has 0 amide bonds. The number of rotatable bonds is 5. The van der Waals surface area contributed by atoms with Crippen LogP contribution in [0.5, 0.6) is 0 Å². The Kier molecular flexibility index (Phi) is 6.13. The van der Waals surface area contributed by atoms with E-state index in [4.69, 9.17) is 0 Å². The van der Waals surface area contributed by atoms with Gasteiger partial charge in [-0.2, -0.15) is 0 Å². The van der Waals surface area contributed by atoms with Crippen molar-refractivity contribution in [3.63, 3.8) is 0 Å². The molecule has 8 aromatic rings. The lowest BCUT2D eigenvalue weighted by molar-refractivity contribution is 0.0817. The average molecular weight is 563 g/mol. The molecule has 2 heteroatoms. The van der Waals surface area contributed by atoms with Crippen LogP contribution in [0.25, 0.3) is 65.3 Å². The molecule has 0 spiro atoms. The average Bonchev–Trinajstić information content (AvgIpc) is 3.09. The molecule has 0 heterocycles. The standard InChI is InChI=1S/C42H26O2/c43-41(27-11-2-1-3-12-27)42(44)34-17-10-16-28(23-34)29-21-22-33-25-32-15-6-9-20-37(32)40(38(33)26-29)39-35-18-7-4-13-30(35)24-31-14-5-8-19-36(31)39/h1-26H. The third-order valence-electron chi connectivity index (χ3n) is 8.59. The molecule has 0 unspecified atom stereocenters. The Balaban J connectivity index is 1.37. The van der Waals surface area contributed by atoms with Gasteiger partial charge in [0.1, 0.15) is 0 Å². The summed E-state index contributed by atoms with van der Waals surface area (Å²) in [6, 6.07) is 52.9. The van der Waals surface area contributed by atoms with Gasteiger partial charge in [-0.15, -0.1) is 0 Å². The quantitative estimate of drug-likeness (QED) is 0.119. The predicted molar refractivity (Wildman–Crippen MR) is 182 cm³/mol. The molecule has 0 radical (unpaired) electrons. The molecule has 206 valence electrons. The van der Waals surface area contributed by atoms with E-state index >= 15 is 0 Å². The number of hydrogen-bond acceptors (Lipinski definition) is 2. The van der Waals surface area contributed by atoms with Crippen molar-refractivity contribution in [2.24, 2.45) is 0 Å². The Hall–Kier alpha value is -5.86. The molecule has 0 fully saturated rings. The summed E-state index contributed by atoms with van der Waals surface area (Å²) in [5.41, 5.74) is 5.07. The Morgan fingerprint density at radius 2 is 0.773 bits per heavy atom. The molecule has 0 aromatic heterocycles. The topological polar surface area (TPSA) is 34.1 Å². The minimum atomic E-state index is -0.507. The summed E-state index contributed by atoms with van der Waals surface area (Å²) in [5.74, 6) is -1.01. The zero-order valence-corrected chi connectivity index (χ0v) is 23.8. The number of fused-ring (bicyclic) bond motifs is 4. The summed E-state index contributed by atoms with van der Waals surface area (Å²) < 4.78 is 0. The van der Waals surface area contributed by atoms with Crippen LogP contribution in [0.3, 0.4) is 0 Å². The highest BCUT2D eigenvalue weighted by Gasteiger charge is 2.20. The summed E-state index contributed by atoms with van der Waals surface area (Å²) in [7, 11) is 0. The van der Waals surface area contributed by atoms with Gasteiger partial charge < -0.3 is 0 Å².